The second-order valence-corrected chi connectivity index (χ2v) is 3.63. The molecule has 0 aromatic heterocycles. The van der Waals surface area contributed by atoms with Crippen molar-refractivity contribution in [2.45, 2.75) is 26.3 Å². The van der Waals surface area contributed by atoms with Gasteiger partial charge in [-0.1, -0.05) is 6.08 Å². The topological polar surface area (TPSA) is 12.5 Å². The van der Waals surface area contributed by atoms with E-state index in [1.807, 2.05) is 0 Å². The average molecular weight is 169 g/mol. The van der Waals surface area contributed by atoms with Crippen LogP contribution in [-0.2, 0) is 4.74 Å². The van der Waals surface area contributed by atoms with Gasteiger partial charge in [-0.05, 0) is 25.8 Å². The van der Waals surface area contributed by atoms with Crippen LogP contribution in [0.2, 0.25) is 0 Å². The van der Waals surface area contributed by atoms with Gasteiger partial charge in [-0.15, -0.1) is 0 Å². The van der Waals surface area contributed by atoms with Gasteiger partial charge in [0.2, 0.25) is 0 Å². The molecule has 1 aliphatic heterocycles. The van der Waals surface area contributed by atoms with Gasteiger partial charge in [0.1, 0.15) is 0 Å². The first-order valence-electron chi connectivity index (χ1n) is 4.65. The maximum Gasteiger partial charge on any atom is 0.0673 e. The zero-order chi connectivity index (χ0) is 8.97. The normalized spacial score (nSPS) is 19.8. The van der Waals surface area contributed by atoms with E-state index in [9.17, 15) is 0 Å². The van der Waals surface area contributed by atoms with Crippen LogP contribution in [0.4, 0.5) is 0 Å². The van der Waals surface area contributed by atoms with Crippen LogP contribution >= 0.6 is 0 Å². The summed E-state index contributed by atoms with van der Waals surface area (Å²) >= 11 is 0. The Bertz CT molecular complexity index is 163. The largest absolute Gasteiger partial charge is 0.380 e. The highest BCUT2D eigenvalue weighted by atomic mass is 16.5. The number of ether oxygens (including phenoxy) is 1. The molecule has 1 rings (SSSR count). The predicted molar refractivity (Wildman–Crippen MR) is 51.3 cm³/mol. The third kappa shape index (κ3) is 2.61. The molecule has 0 spiro atoms. The van der Waals surface area contributed by atoms with Crippen LogP contribution < -0.4 is 0 Å². The number of hydrogen-bond donors (Lipinski definition) is 0. The Kier molecular flexibility index (Phi) is 3.76. The summed E-state index contributed by atoms with van der Waals surface area (Å²) in [6.07, 6.45) is 3.47. The van der Waals surface area contributed by atoms with Gasteiger partial charge in [-0.2, -0.15) is 0 Å². The Morgan fingerprint density at radius 3 is 2.75 bits per heavy atom. The Hall–Kier alpha value is -0.340. The lowest BCUT2D eigenvalue weighted by molar-refractivity contribution is 0.200. The maximum absolute atomic E-state index is 5.09. The number of methoxy groups -OCH3 is 1. The van der Waals surface area contributed by atoms with Gasteiger partial charge in [-0.25, -0.2) is 0 Å². The van der Waals surface area contributed by atoms with Crippen LogP contribution in [0.1, 0.15) is 20.3 Å². The first-order chi connectivity index (χ1) is 5.74. The van der Waals surface area contributed by atoms with Gasteiger partial charge in [0, 0.05) is 26.2 Å². The lowest BCUT2D eigenvalue weighted by Gasteiger charge is -2.29. The van der Waals surface area contributed by atoms with Crippen LogP contribution in [0, 0.1) is 0 Å². The highest BCUT2D eigenvalue weighted by molar-refractivity contribution is 5.07. The SMILES string of the molecule is COCC1=CCN(C(C)C)CC1. The monoisotopic (exact) mass is 169 g/mol. The average Bonchev–Trinajstić information content (AvgIpc) is 2.06. The fraction of sp³-hybridized carbons (Fsp3) is 0.800. The van der Waals surface area contributed by atoms with E-state index in [1.54, 1.807) is 7.11 Å². The van der Waals surface area contributed by atoms with Crippen molar-refractivity contribution in [1.82, 2.24) is 4.90 Å². The molecule has 0 aromatic rings. The van der Waals surface area contributed by atoms with Gasteiger partial charge >= 0.3 is 0 Å². The van der Waals surface area contributed by atoms with Crippen molar-refractivity contribution in [2.75, 3.05) is 26.8 Å². The minimum Gasteiger partial charge on any atom is -0.380 e. The molecule has 0 aliphatic carbocycles. The maximum atomic E-state index is 5.09. The van der Waals surface area contributed by atoms with E-state index in [4.69, 9.17) is 4.74 Å². The van der Waals surface area contributed by atoms with Crippen LogP contribution in [0.3, 0.4) is 0 Å². The molecule has 2 nitrogen and oxygen atoms in total. The lowest BCUT2D eigenvalue weighted by atomic mass is 10.1. The van der Waals surface area contributed by atoms with E-state index in [1.165, 1.54) is 18.5 Å². The molecule has 0 fully saturated rings. The molecule has 0 amide bonds. The van der Waals surface area contributed by atoms with Crippen LogP contribution in [0.15, 0.2) is 11.6 Å². The van der Waals surface area contributed by atoms with Crippen molar-refractivity contribution in [2.24, 2.45) is 0 Å². The van der Waals surface area contributed by atoms with Crippen LogP contribution in [0.5, 0.6) is 0 Å². The van der Waals surface area contributed by atoms with Crippen molar-refractivity contribution in [3.63, 3.8) is 0 Å². The number of nitrogens with zero attached hydrogens (tertiary/aromatic N) is 1. The molecule has 12 heavy (non-hydrogen) atoms. The number of hydrogen-bond acceptors (Lipinski definition) is 2. The van der Waals surface area contributed by atoms with E-state index < -0.39 is 0 Å². The van der Waals surface area contributed by atoms with E-state index in [2.05, 4.69) is 24.8 Å². The smallest absolute Gasteiger partial charge is 0.0673 e. The minimum atomic E-state index is 0.672. The molecule has 0 N–H and O–H groups in total. The number of rotatable bonds is 3. The van der Waals surface area contributed by atoms with Gasteiger partial charge in [-0.3, -0.25) is 4.90 Å². The van der Waals surface area contributed by atoms with E-state index in [0.717, 1.165) is 13.2 Å². The van der Waals surface area contributed by atoms with Crippen LogP contribution in [-0.4, -0.2) is 37.7 Å². The summed E-state index contributed by atoms with van der Waals surface area (Å²) in [7, 11) is 1.76. The molecule has 0 bridgehead atoms. The molecular weight excluding hydrogens is 150 g/mol. The zero-order valence-electron chi connectivity index (χ0n) is 8.34. The second-order valence-electron chi connectivity index (χ2n) is 3.63. The van der Waals surface area contributed by atoms with E-state index in [0.29, 0.717) is 6.04 Å². The fourth-order valence-corrected chi connectivity index (χ4v) is 1.51. The molecule has 0 saturated carbocycles. The molecule has 0 radical (unpaired) electrons. The highest BCUT2D eigenvalue weighted by Gasteiger charge is 2.13. The Labute approximate surface area is 75.2 Å². The van der Waals surface area contributed by atoms with Crippen molar-refractivity contribution in [3.8, 4) is 0 Å². The quantitative estimate of drug-likeness (QED) is 0.596. The Morgan fingerprint density at radius 1 is 1.58 bits per heavy atom. The van der Waals surface area contributed by atoms with Gasteiger partial charge < -0.3 is 4.74 Å². The molecule has 0 aromatic carbocycles. The molecule has 70 valence electrons. The molecule has 0 saturated heterocycles. The molecule has 0 unspecified atom stereocenters. The molecule has 2 heteroatoms. The van der Waals surface area contributed by atoms with Crippen LogP contribution in [0.25, 0.3) is 0 Å². The highest BCUT2D eigenvalue weighted by Crippen LogP contribution is 2.12. The van der Waals surface area contributed by atoms with Crippen molar-refractivity contribution in [3.05, 3.63) is 11.6 Å². The summed E-state index contributed by atoms with van der Waals surface area (Å²) in [5.74, 6) is 0. The van der Waals surface area contributed by atoms with Gasteiger partial charge in [0.25, 0.3) is 0 Å². The molecule has 1 aliphatic rings. The Morgan fingerprint density at radius 2 is 2.33 bits per heavy atom. The first kappa shape index (κ1) is 9.75. The summed E-state index contributed by atoms with van der Waals surface area (Å²) in [5.41, 5.74) is 1.45. The summed E-state index contributed by atoms with van der Waals surface area (Å²) in [5, 5.41) is 0. The summed E-state index contributed by atoms with van der Waals surface area (Å²) in [6, 6.07) is 0.672. The third-order valence-corrected chi connectivity index (χ3v) is 2.39. The van der Waals surface area contributed by atoms with Gasteiger partial charge in [0.05, 0.1) is 6.61 Å². The summed E-state index contributed by atoms with van der Waals surface area (Å²) in [6.45, 7) is 7.58. The van der Waals surface area contributed by atoms with Crippen molar-refractivity contribution < 1.29 is 4.74 Å². The lowest BCUT2D eigenvalue weighted by Crippen LogP contribution is -2.35. The second kappa shape index (κ2) is 4.63. The summed E-state index contributed by atoms with van der Waals surface area (Å²) in [4.78, 5) is 2.47. The zero-order valence-corrected chi connectivity index (χ0v) is 8.34. The van der Waals surface area contributed by atoms with E-state index in [-0.39, 0.29) is 0 Å². The predicted octanol–water partition coefficient (Wildman–Crippen LogP) is 1.67. The molecular formula is C10H19NO. The Balaban J connectivity index is 2.36. The third-order valence-electron chi connectivity index (χ3n) is 2.39. The van der Waals surface area contributed by atoms with E-state index >= 15 is 0 Å². The molecule has 0 atom stereocenters. The van der Waals surface area contributed by atoms with Gasteiger partial charge in [0.15, 0.2) is 0 Å². The standard InChI is InChI=1S/C10H19NO/c1-9(2)11-6-4-10(5-7-11)8-12-3/h4,9H,5-8H2,1-3H3. The fourth-order valence-electron chi connectivity index (χ4n) is 1.51. The minimum absolute atomic E-state index is 0.672. The summed E-state index contributed by atoms with van der Waals surface area (Å²) < 4.78 is 5.09. The van der Waals surface area contributed by atoms with Crippen molar-refractivity contribution in [1.29, 1.82) is 0 Å². The van der Waals surface area contributed by atoms with Crippen molar-refractivity contribution >= 4 is 0 Å². The molecule has 1 heterocycles. The first-order valence-corrected chi connectivity index (χ1v) is 4.65.